The fraction of sp³-hybridized carbons (Fsp3) is 0.105. The van der Waals surface area contributed by atoms with Crippen molar-refractivity contribution >= 4 is 11.5 Å². The molecule has 126 valence electrons. The van der Waals surface area contributed by atoms with Crippen LogP contribution >= 0.6 is 0 Å². The van der Waals surface area contributed by atoms with E-state index in [1.54, 1.807) is 43.5 Å². The van der Waals surface area contributed by atoms with Crippen LogP contribution in [0.5, 0.6) is 17.4 Å². The van der Waals surface area contributed by atoms with E-state index >= 15 is 0 Å². The molecule has 0 amide bonds. The largest absolute Gasteiger partial charge is 0.493 e. The van der Waals surface area contributed by atoms with Gasteiger partial charge in [-0.2, -0.15) is 4.98 Å². The molecule has 0 atom stereocenters. The molecule has 0 unspecified atom stereocenters. The maximum atomic E-state index is 11.4. The molecule has 2 aromatic carbocycles. The number of rotatable bonds is 5. The number of ether oxygens (including phenoxy) is 2. The average Bonchev–Trinajstić information content (AvgIpc) is 2.64. The summed E-state index contributed by atoms with van der Waals surface area (Å²) < 4.78 is 11.1. The number of benzene rings is 2. The Morgan fingerprint density at radius 2 is 1.68 bits per heavy atom. The van der Waals surface area contributed by atoms with Gasteiger partial charge in [-0.1, -0.05) is 36.4 Å². The molecule has 0 fully saturated rings. The Kier molecular flexibility index (Phi) is 4.61. The number of methoxy groups -OCH3 is 1. The maximum absolute atomic E-state index is 11.4. The van der Waals surface area contributed by atoms with Crippen LogP contribution in [-0.4, -0.2) is 22.9 Å². The second kappa shape index (κ2) is 7.00. The SMILES string of the molecule is COc1ccccc1Oc1ncnc(-c2ccc(C(C)=O)cc2)c1N. The Labute approximate surface area is 145 Å². The summed E-state index contributed by atoms with van der Waals surface area (Å²) in [6, 6.07) is 14.3. The van der Waals surface area contributed by atoms with E-state index in [2.05, 4.69) is 9.97 Å². The van der Waals surface area contributed by atoms with Crippen molar-refractivity contribution in [1.82, 2.24) is 9.97 Å². The highest BCUT2D eigenvalue weighted by atomic mass is 16.5. The number of hydrogen-bond donors (Lipinski definition) is 1. The van der Waals surface area contributed by atoms with Gasteiger partial charge in [0.05, 0.1) is 7.11 Å². The quantitative estimate of drug-likeness (QED) is 0.715. The highest BCUT2D eigenvalue weighted by Crippen LogP contribution is 2.35. The number of para-hydroxylation sites is 2. The van der Waals surface area contributed by atoms with E-state index < -0.39 is 0 Å². The van der Waals surface area contributed by atoms with Crippen molar-refractivity contribution in [1.29, 1.82) is 0 Å². The molecule has 1 heterocycles. The summed E-state index contributed by atoms with van der Waals surface area (Å²) >= 11 is 0. The summed E-state index contributed by atoms with van der Waals surface area (Å²) in [6.07, 6.45) is 1.38. The molecule has 0 aliphatic heterocycles. The molecule has 3 aromatic rings. The molecule has 0 saturated carbocycles. The van der Waals surface area contributed by atoms with Gasteiger partial charge in [-0.15, -0.1) is 0 Å². The number of nitrogens with two attached hydrogens (primary N) is 1. The first-order valence-electron chi connectivity index (χ1n) is 7.63. The van der Waals surface area contributed by atoms with E-state index in [4.69, 9.17) is 15.2 Å². The van der Waals surface area contributed by atoms with Crippen LogP contribution in [0.25, 0.3) is 11.3 Å². The van der Waals surface area contributed by atoms with Gasteiger partial charge in [0.2, 0.25) is 5.88 Å². The van der Waals surface area contributed by atoms with Crippen LogP contribution in [0.3, 0.4) is 0 Å². The number of Topliss-reactive ketones (excluding diaryl/α,β-unsaturated/α-hetero) is 1. The molecule has 0 spiro atoms. The predicted octanol–water partition coefficient (Wildman–Crippen LogP) is 3.73. The van der Waals surface area contributed by atoms with Gasteiger partial charge in [0, 0.05) is 11.1 Å². The van der Waals surface area contributed by atoms with Crippen LogP contribution in [0, 0.1) is 0 Å². The minimum Gasteiger partial charge on any atom is -0.493 e. The van der Waals surface area contributed by atoms with Crippen LogP contribution < -0.4 is 15.2 Å². The first-order chi connectivity index (χ1) is 12.1. The minimum absolute atomic E-state index is 0.00223. The maximum Gasteiger partial charge on any atom is 0.246 e. The lowest BCUT2D eigenvalue weighted by Gasteiger charge is -2.12. The van der Waals surface area contributed by atoms with Gasteiger partial charge < -0.3 is 15.2 Å². The monoisotopic (exact) mass is 335 g/mol. The second-order valence-corrected chi connectivity index (χ2v) is 5.33. The molecule has 0 aliphatic rings. The van der Waals surface area contributed by atoms with Gasteiger partial charge in [0.25, 0.3) is 0 Å². The zero-order valence-electron chi connectivity index (χ0n) is 13.9. The molecule has 0 saturated heterocycles. The molecule has 25 heavy (non-hydrogen) atoms. The van der Waals surface area contributed by atoms with Crippen LogP contribution in [0.15, 0.2) is 54.9 Å². The summed E-state index contributed by atoms with van der Waals surface area (Å²) in [7, 11) is 1.56. The Bertz CT molecular complexity index is 908. The molecule has 6 nitrogen and oxygen atoms in total. The first-order valence-corrected chi connectivity index (χ1v) is 7.63. The van der Waals surface area contributed by atoms with Crippen molar-refractivity contribution in [2.24, 2.45) is 0 Å². The standard InChI is InChI=1S/C19H17N3O3/c1-12(23)13-7-9-14(10-8-13)18-17(20)19(22-11-21-18)25-16-6-4-3-5-15(16)24-2/h3-11H,20H2,1-2H3. The minimum atomic E-state index is 0.00223. The lowest BCUT2D eigenvalue weighted by atomic mass is 10.1. The van der Waals surface area contributed by atoms with E-state index in [1.807, 2.05) is 12.1 Å². The summed E-state index contributed by atoms with van der Waals surface area (Å²) in [5.41, 5.74) is 8.44. The van der Waals surface area contributed by atoms with Crippen LogP contribution in [-0.2, 0) is 0 Å². The fourth-order valence-electron chi connectivity index (χ4n) is 2.36. The highest BCUT2D eigenvalue weighted by Gasteiger charge is 2.14. The van der Waals surface area contributed by atoms with Crippen LogP contribution in [0.4, 0.5) is 5.69 Å². The number of carbonyl (C=O) groups excluding carboxylic acids is 1. The molecule has 1 aromatic heterocycles. The summed E-state index contributed by atoms with van der Waals surface area (Å²) in [5.74, 6) is 1.33. The van der Waals surface area contributed by atoms with Crippen molar-refractivity contribution in [2.75, 3.05) is 12.8 Å². The van der Waals surface area contributed by atoms with E-state index in [-0.39, 0.29) is 11.7 Å². The average molecular weight is 335 g/mol. The number of carbonyl (C=O) groups is 1. The molecule has 6 heteroatoms. The van der Waals surface area contributed by atoms with Crippen molar-refractivity contribution in [3.8, 4) is 28.6 Å². The number of nitrogen functional groups attached to an aromatic ring is 1. The zero-order valence-corrected chi connectivity index (χ0v) is 13.9. The second-order valence-electron chi connectivity index (χ2n) is 5.33. The van der Waals surface area contributed by atoms with Gasteiger partial charge in [0.15, 0.2) is 17.3 Å². The third-order valence-corrected chi connectivity index (χ3v) is 3.69. The van der Waals surface area contributed by atoms with Crippen molar-refractivity contribution in [3.05, 3.63) is 60.4 Å². The van der Waals surface area contributed by atoms with Crippen molar-refractivity contribution in [3.63, 3.8) is 0 Å². The Morgan fingerprint density at radius 1 is 1.00 bits per heavy atom. The predicted molar refractivity (Wildman–Crippen MR) is 95.0 cm³/mol. The fourth-order valence-corrected chi connectivity index (χ4v) is 2.36. The molecule has 2 N–H and O–H groups in total. The molecule has 0 bridgehead atoms. The van der Waals surface area contributed by atoms with E-state index in [0.29, 0.717) is 28.4 Å². The molecular weight excluding hydrogens is 318 g/mol. The van der Waals surface area contributed by atoms with Crippen LogP contribution in [0.2, 0.25) is 0 Å². The van der Waals surface area contributed by atoms with Gasteiger partial charge in [-0.25, -0.2) is 4.98 Å². The lowest BCUT2D eigenvalue weighted by molar-refractivity contribution is 0.101. The van der Waals surface area contributed by atoms with Gasteiger partial charge in [-0.3, -0.25) is 4.79 Å². The third-order valence-electron chi connectivity index (χ3n) is 3.69. The summed E-state index contributed by atoms with van der Waals surface area (Å²) in [5, 5.41) is 0. The topological polar surface area (TPSA) is 87.3 Å². The first kappa shape index (κ1) is 16.4. The van der Waals surface area contributed by atoms with Gasteiger partial charge >= 0.3 is 0 Å². The van der Waals surface area contributed by atoms with Gasteiger partial charge in [-0.05, 0) is 19.1 Å². The van der Waals surface area contributed by atoms with Gasteiger partial charge in [0.1, 0.15) is 17.7 Å². The van der Waals surface area contributed by atoms with Crippen molar-refractivity contribution in [2.45, 2.75) is 6.92 Å². The zero-order chi connectivity index (χ0) is 17.8. The van der Waals surface area contributed by atoms with Crippen molar-refractivity contribution < 1.29 is 14.3 Å². The van der Waals surface area contributed by atoms with Crippen LogP contribution in [0.1, 0.15) is 17.3 Å². The molecule has 0 radical (unpaired) electrons. The van der Waals surface area contributed by atoms with E-state index in [0.717, 1.165) is 5.56 Å². The van der Waals surface area contributed by atoms with E-state index in [9.17, 15) is 4.79 Å². The molecule has 3 rings (SSSR count). The Balaban J connectivity index is 1.96. The summed E-state index contributed by atoms with van der Waals surface area (Å²) in [4.78, 5) is 19.7. The number of ketones is 1. The molecular formula is C19H17N3O3. The third kappa shape index (κ3) is 3.42. The Hall–Kier alpha value is -3.41. The molecule has 0 aliphatic carbocycles. The Morgan fingerprint density at radius 3 is 2.32 bits per heavy atom. The summed E-state index contributed by atoms with van der Waals surface area (Å²) in [6.45, 7) is 1.52. The normalized spacial score (nSPS) is 10.3. The number of nitrogens with zero attached hydrogens (tertiary/aromatic N) is 2. The smallest absolute Gasteiger partial charge is 0.246 e. The number of anilines is 1. The number of aromatic nitrogens is 2. The highest BCUT2D eigenvalue weighted by molar-refractivity contribution is 5.94. The van der Waals surface area contributed by atoms with E-state index in [1.165, 1.54) is 13.3 Å². The lowest BCUT2D eigenvalue weighted by Crippen LogP contribution is -2.01. The number of hydrogen-bond acceptors (Lipinski definition) is 6.